The van der Waals surface area contributed by atoms with Crippen molar-refractivity contribution in [3.63, 3.8) is 0 Å². The molecule has 7 heteroatoms. The summed E-state index contributed by atoms with van der Waals surface area (Å²) in [5.41, 5.74) is 0.935. The van der Waals surface area contributed by atoms with Crippen LogP contribution in [0.2, 0.25) is 0 Å². The Morgan fingerprint density at radius 1 is 1.11 bits per heavy atom. The lowest BCUT2D eigenvalue weighted by molar-refractivity contribution is -0.124. The van der Waals surface area contributed by atoms with E-state index in [9.17, 15) is 9.59 Å². The van der Waals surface area contributed by atoms with Crippen molar-refractivity contribution in [2.45, 2.75) is 18.9 Å². The highest BCUT2D eigenvalue weighted by Crippen LogP contribution is 2.22. The summed E-state index contributed by atoms with van der Waals surface area (Å²) in [4.78, 5) is 32.1. The zero-order chi connectivity index (χ0) is 19.3. The van der Waals surface area contributed by atoms with Crippen LogP contribution in [-0.2, 0) is 4.79 Å². The lowest BCUT2D eigenvalue weighted by Crippen LogP contribution is -2.46. The van der Waals surface area contributed by atoms with Gasteiger partial charge in [-0.1, -0.05) is 24.3 Å². The lowest BCUT2D eigenvalue weighted by atomic mass is 10.2. The summed E-state index contributed by atoms with van der Waals surface area (Å²) in [7, 11) is 0. The number of para-hydroxylation sites is 1. The largest absolute Gasteiger partial charge is 0.368 e. The van der Waals surface area contributed by atoms with Crippen LogP contribution in [0.25, 0.3) is 10.9 Å². The van der Waals surface area contributed by atoms with Crippen molar-refractivity contribution in [1.82, 2.24) is 15.2 Å². The van der Waals surface area contributed by atoms with Crippen molar-refractivity contribution in [2.75, 3.05) is 25.0 Å². The fourth-order valence-corrected chi connectivity index (χ4v) is 4.16. The quantitative estimate of drug-likeness (QED) is 0.630. The second kappa shape index (κ2) is 8.39. The average Bonchev–Trinajstić information content (AvgIpc) is 3.42. The van der Waals surface area contributed by atoms with E-state index in [-0.39, 0.29) is 17.9 Å². The number of hydrogen-bond acceptors (Lipinski definition) is 5. The fourth-order valence-electron chi connectivity index (χ4n) is 3.48. The predicted molar refractivity (Wildman–Crippen MR) is 112 cm³/mol. The molecule has 0 aliphatic carbocycles. The van der Waals surface area contributed by atoms with Crippen molar-refractivity contribution in [1.29, 1.82) is 0 Å². The number of nitrogens with one attached hydrogen (secondary N) is 2. The van der Waals surface area contributed by atoms with E-state index >= 15 is 0 Å². The van der Waals surface area contributed by atoms with Crippen molar-refractivity contribution in [2.24, 2.45) is 0 Å². The van der Waals surface area contributed by atoms with Gasteiger partial charge in [-0.05, 0) is 42.5 Å². The molecule has 1 saturated heterocycles. The van der Waals surface area contributed by atoms with Crippen LogP contribution in [0.1, 0.15) is 22.5 Å². The van der Waals surface area contributed by atoms with Gasteiger partial charge in [0.15, 0.2) is 0 Å². The molecule has 2 N–H and O–H groups in total. The monoisotopic (exact) mass is 394 g/mol. The Balaban J connectivity index is 1.28. The van der Waals surface area contributed by atoms with Gasteiger partial charge < -0.3 is 15.5 Å². The minimum absolute atomic E-state index is 0.0499. The summed E-state index contributed by atoms with van der Waals surface area (Å²) < 4.78 is 0. The van der Waals surface area contributed by atoms with Gasteiger partial charge in [0, 0.05) is 25.0 Å². The number of rotatable bonds is 6. The zero-order valence-electron chi connectivity index (χ0n) is 15.4. The van der Waals surface area contributed by atoms with Gasteiger partial charge >= 0.3 is 0 Å². The normalized spacial score (nSPS) is 16.3. The summed E-state index contributed by atoms with van der Waals surface area (Å²) in [5.74, 6) is 0.644. The number of aromatic nitrogens is 1. The molecule has 1 aliphatic heterocycles. The first-order valence-electron chi connectivity index (χ1n) is 9.44. The number of nitrogens with zero attached hydrogens (tertiary/aromatic N) is 2. The first-order chi connectivity index (χ1) is 13.7. The number of anilines is 1. The van der Waals surface area contributed by atoms with E-state index in [1.165, 1.54) is 11.3 Å². The molecule has 1 aromatic carbocycles. The van der Waals surface area contributed by atoms with E-state index in [1.54, 1.807) is 11.0 Å². The summed E-state index contributed by atoms with van der Waals surface area (Å²) >= 11 is 1.41. The summed E-state index contributed by atoms with van der Waals surface area (Å²) in [5, 5.41) is 9.15. The molecule has 0 unspecified atom stereocenters. The standard InChI is InChI=1S/C21H22N4O2S/c26-20(17-7-3-13-25(17)21(27)18-8-4-14-28-18)23-12-11-22-19-10-9-15-5-1-2-6-16(15)24-19/h1-2,4-6,8-10,14,17H,3,7,11-13H2,(H,22,24)(H,23,26)/t17-/m0/s1. The molecule has 1 fully saturated rings. The van der Waals surface area contributed by atoms with Crippen molar-refractivity contribution in [3.05, 3.63) is 58.8 Å². The Hall–Kier alpha value is -2.93. The van der Waals surface area contributed by atoms with Crippen molar-refractivity contribution >= 4 is 39.9 Å². The molecule has 3 heterocycles. The highest BCUT2D eigenvalue weighted by Gasteiger charge is 2.34. The molecule has 0 saturated carbocycles. The Labute approximate surface area is 167 Å². The predicted octanol–water partition coefficient (Wildman–Crippen LogP) is 3.13. The number of amides is 2. The van der Waals surface area contributed by atoms with Gasteiger partial charge in [-0.15, -0.1) is 11.3 Å². The summed E-state index contributed by atoms with van der Waals surface area (Å²) in [6.07, 6.45) is 1.57. The first-order valence-corrected chi connectivity index (χ1v) is 10.3. The minimum atomic E-state index is -0.381. The zero-order valence-corrected chi connectivity index (χ0v) is 16.2. The number of carbonyl (C=O) groups excluding carboxylic acids is 2. The van der Waals surface area contributed by atoms with E-state index < -0.39 is 0 Å². The summed E-state index contributed by atoms with van der Waals surface area (Å²) in [6.45, 7) is 1.68. The molecule has 6 nitrogen and oxygen atoms in total. The highest BCUT2D eigenvalue weighted by molar-refractivity contribution is 7.12. The third kappa shape index (κ3) is 3.99. The maximum Gasteiger partial charge on any atom is 0.264 e. The maximum atomic E-state index is 12.6. The molecule has 0 spiro atoms. The molecule has 28 heavy (non-hydrogen) atoms. The number of likely N-dealkylation sites (tertiary alicyclic amines) is 1. The van der Waals surface area contributed by atoms with Gasteiger partial charge in [-0.3, -0.25) is 9.59 Å². The van der Waals surface area contributed by atoms with Crippen molar-refractivity contribution < 1.29 is 9.59 Å². The van der Waals surface area contributed by atoms with Crippen LogP contribution >= 0.6 is 11.3 Å². The number of benzene rings is 1. The van der Waals surface area contributed by atoms with E-state index in [0.29, 0.717) is 30.9 Å². The number of pyridine rings is 1. The first kappa shape index (κ1) is 18.4. The second-order valence-electron chi connectivity index (χ2n) is 6.74. The lowest BCUT2D eigenvalue weighted by Gasteiger charge is -2.23. The Kier molecular flexibility index (Phi) is 5.53. The minimum Gasteiger partial charge on any atom is -0.368 e. The molecule has 4 rings (SSSR count). The molecule has 0 radical (unpaired) electrons. The third-order valence-corrected chi connectivity index (χ3v) is 5.73. The van der Waals surface area contributed by atoms with E-state index in [2.05, 4.69) is 15.6 Å². The van der Waals surface area contributed by atoms with E-state index in [4.69, 9.17) is 0 Å². The molecule has 144 valence electrons. The van der Waals surface area contributed by atoms with Crippen LogP contribution in [0.3, 0.4) is 0 Å². The molecular weight excluding hydrogens is 372 g/mol. The molecule has 0 bridgehead atoms. The third-order valence-electron chi connectivity index (χ3n) is 4.88. The van der Waals surface area contributed by atoms with Crippen LogP contribution in [-0.4, -0.2) is 47.4 Å². The Morgan fingerprint density at radius 3 is 2.86 bits per heavy atom. The molecular formula is C21H22N4O2S. The van der Waals surface area contributed by atoms with Crippen LogP contribution < -0.4 is 10.6 Å². The van der Waals surface area contributed by atoms with Crippen LogP contribution in [0, 0.1) is 0 Å². The van der Waals surface area contributed by atoms with Gasteiger partial charge in [-0.2, -0.15) is 0 Å². The molecule has 1 aliphatic rings. The number of carbonyl (C=O) groups is 2. The SMILES string of the molecule is O=C(NCCNc1ccc2ccccc2n1)[C@@H]1CCCN1C(=O)c1cccs1. The topological polar surface area (TPSA) is 74.3 Å². The van der Waals surface area contributed by atoms with Gasteiger partial charge in [0.05, 0.1) is 10.4 Å². The second-order valence-corrected chi connectivity index (χ2v) is 7.69. The molecule has 1 atom stereocenters. The van der Waals surface area contributed by atoms with Crippen LogP contribution in [0.4, 0.5) is 5.82 Å². The van der Waals surface area contributed by atoms with Gasteiger partial charge in [0.1, 0.15) is 11.9 Å². The molecule has 2 aromatic heterocycles. The van der Waals surface area contributed by atoms with Gasteiger partial charge in [0.2, 0.25) is 5.91 Å². The molecule has 3 aromatic rings. The summed E-state index contributed by atoms with van der Waals surface area (Å²) in [6, 6.07) is 15.2. The fraction of sp³-hybridized carbons (Fsp3) is 0.286. The van der Waals surface area contributed by atoms with Crippen LogP contribution in [0.5, 0.6) is 0 Å². The highest BCUT2D eigenvalue weighted by atomic mass is 32.1. The number of fused-ring (bicyclic) bond motifs is 1. The average molecular weight is 395 g/mol. The maximum absolute atomic E-state index is 12.6. The molecule has 2 amide bonds. The van der Waals surface area contributed by atoms with Gasteiger partial charge in [0.25, 0.3) is 5.91 Å². The van der Waals surface area contributed by atoms with Crippen molar-refractivity contribution in [3.8, 4) is 0 Å². The van der Waals surface area contributed by atoms with Gasteiger partial charge in [-0.25, -0.2) is 4.98 Å². The Bertz CT molecular complexity index is 973. The smallest absolute Gasteiger partial charge is 0.264 e. The number of thiophene rings is 1. The number of hydrogen-bond donors (Lipinski definition) is 2. The van der Waals surface area contributed by atoms with E-state index in [0.717, 1.165) is 23.1 Å². The van der Waals surface area contributed by atoms with E-state index in [1.807, 2.05) is 47.8 Å². The van der Waals surface area contributed by atoms with Crippen LogP contribution in [0.15, 0.2) is 53.9 Å². The Morgan fingerprint density at radius 2 is 2.00 bits per heavy atom.